The van der Waals surface area contributed by atoms with Gasteiger partial charge in [-0.2, -0.15) is 8.42 Å². The Labute approximate surface area is 158 Å². The number of unbranched alkanes of at least 4 members (excludes halogenated alkanes) is 9. The molecule has 154 valence electrons. The molecule has 0 aliphatic carbocycles. The van der Waals surface area contributed by atoms with E-state index in [4.69, 9.17) is 17.5 Å². The minimum absolute atomic E-state index is 0.590. The van der Waals surface area contributed by atoms with Crippen LogP contribution in [0.25, 0.3) is 0 Å². The lowest BCUT2D eigenvalue weighted by Gasteiger charge is -2.23. The first kappa shape index (κ1) is 27.5. The molecule has 0 rings (SSSR count). The van der Waals surface area contributed by atoms with Gasteiger partial charge < -0.3 is 0 Å². The van der Waals surface area contributed by atoms with Gasteiger partial charge in [0.2, 0.25) is 0 Å². The highest BCUT2D eigenvalue weighted by Crippen LogP contribution is 2.57. The van der Waals surface area contributed by atoms with Gasteiger partial charge in [-0.15, -0.1) is 0 Å². The molecular formula is C19H44O4PS+. The molecule has 25 heavy (non-hydrogen) atoms. The van der Waals surface area contributed by atoms with Crippen LogP contribution in [0.5, 0.6) is 0 Å². The molecular weight excluding hydrogens is 355 g/mol. The van der Waals surface area contributed by atoms with E-state index >= 15 is 0 Å². The van der Waals surface area contributed by atoms with Gasteiger partial charge in [-0.05, 0) is 38.5 Å². The molecule has 0 aliphatic rings. The third-order valence-corrected chi connectivity index (χ3v) is 8.84. The van der Waals surface area contributed by atoms with Crippen LogP contribution in [-0.4, -0.2) is 42.7 Å². The second kappa shape index (κ2) is 17.7. The lowest BCUT2D eigenvalue weighted by atomic mass is 10.2. The standard InChI is InChI=1S/C19H42P.H2O4S/c1-5-8-11-14-17-20(4,18-15-12-9-6-2)19-16-13-10-7-3;1-5(2,3)4/h5-19H2,1-4H3;(H2,1,2,3,4)/q+1;. The lowest BCUT2D eigenvalue weighted by Crippen LogP contribution is -2.07. The van der Waals surface area contributed by atoms with Crippen LogP contribution in [0.4, 0.5) is 0 Å². The number of hydrogen-bond acceptors (Lipinski definition) is 2. The summed E-state index contributed by atoms with van der Waals surface area (Å²) in [7, 11) is -5.26. The Morgan fingerprint density at radius 1 is 0.600 bits per heavy atom. The van der Waals surface area contributed by atoms with Crippen LogP contribution in [-0.2, 0) is 10.4 Å². The maximum atomic E-state index is 8.74. The first-order chi connectivity index (χ1) is 11.7. The van der Waals surface area contributed by atoms with Gasteiger partial charge in [0.1, 0.15) is 0 Å². The molecule has 6 heteroatoms. The van der Waals surface area contributed by atoms with E-state index in [1.54, 1.807) is 18.5 Å². The molecule has 0 amide bonds. The van der Waals surface area contributed by atoms with E-state index in [9.17, 15) is 0 Å². The van der Waals surface area contributed by atoms with Gasteiger partial charge in [0.15, 0.2) is 0 Å². The van der Waals surface area contributed by atoms with Crippen LogP contribution in [0.3, 0.4) is 0 Å². The van der Waals surface area contributed by atoms with Crippen LogP contribution in [0.2, 0.25) is 0 Å². The van der Waals surface area contributed by atoms with Crippen LogP contribution in [0, 0.1) is 0 Å². The van der Waals surface area contributed by atoms with Gasteiger partial charge in [-0.25, -0.2) is 0 Å². The monoisotopic (exact) mass is 399 g/mol. The first-order valence-corrected chi connectivity index (χ1v) is 14.4. The zero-order valence-electron chi connectivity index (χ0n) is 17.2. The van der Waals surface area contributed by atoms with Gasteiger partial charge in [0.05, 0.1) is 18.5 Å². The summed E-state index contributed by atoms with van der Waals surface area (Å²) in [6.07, 6.45) is 22.2. The Kier molecular flexibility index (Phi) is 19.5. The molecule has 4 nitrogen and oxygen atoms in total. The molecule has 0 radical (unpaired) electrons. The maximum Gasteiger partial charge on any atom is 0.394 e. The quantitative estimate of drug-likeness (QED) is 0.182. The Morgan fingerprint density at radius 2 is 0.840 bits per heavy atom. The molecule has 0 aromatic rings. The fourth-order valence-electron chi connectivity index (χ4n) is 3.10. The third-order valence-electron chi connectivity index (χ3n) is 4.65. The number of rotatable bonds is 15. The van der Waals surface area contributed by atoms with Crippen LogP contribution < -0.4 is 0 Å². The van der Waals surface area contributed by atoms with Crippen molar-refractivity contribution in [3.05, 3.63) is 0 Å². The van der Waals surface area contributed by atoms with Crippen LogP contribution in [0.1, 0.15) is 97.8 Å². The van der Waals surface area contributed by atoms with E-state index < -0.39 is 17.7 Å². The van der Waals surface area contributed by atoms with Crippen LogP contribution in [0.15, 0.2) is 0 Å². The van der Waals surface area contributed by atoms with E-state index in [2.05, 4.69) is 27.4 Å². The highest BCUT2D eigenvalue weighted by Gasteiger charge is 2.29. The van der Waals surface area contributed by atoms with Crippen molar-refractivity contribution < 1.29 is 17.5 Å². The average molecular weight is 400 g/mol. The second-order valence-corrected chi connectivity index (χ2v) is 12.9. The lowest BCUT2D eigenvalue weighted by molar-refractivity contribution is 0.381. The van der Waals surface area contributed by atoms with Crippen molar-refractivity contribution in [3.63, 3.8) is 0 Å². The summed E-state index contributed by atoms with van der Waals surface area (Å²) in [5.41, 5.74) is 0. The predicted octanol–water partition coefficient (Wildman–Crippen LogP) is 6.72. The Hall–Kier alpha value is 0.300. The summed E-state index contributed by atoms with van der Waals surface area (Å²) in [5, 5.41) is 0. The molecule has 0 unspecified atom stereocenters. The van der Waals surface area contributed by atoms with Gasteiger partial charge >= 0.3 is 10.4 Å². The SMILES string of the molecule is CCCCCC[P+](C)(CCCCCC)CCCCCC.O=S(=O)(O)O. The normalized spacial score (nSPS) is 11.9. The largest absolute Gasteiger partial charge is 0.394 e. The van der Waals surface area contributed by atoms with E-state index in [-0.39, 0.29) is 0 Å². The highest BCUT2D eigenvalue weighted by atomic mass is 32.3. The molecule has 0 bridgehead atoms. The molecule has 0 saturated carbocycles. The van der Waals surface area contributed by atoms with Crippen molar-refractivity contribution >= 4 is 17.7 Å². The van der Waals surface area contributed by atoms with Gasteiger partial charge in [0, 0.05) is 13.9 Å². The number of hydrogen-bond donors (Lipinski definition) is 2. The minimum Gasteiger partial charge on any atom is -0.264 e. The van der Waals surface area contributed by atoms with Crippen molar-refractivity contribution in [2.45, 2.75) is 97.8 Å². The Balaban J connectivity index is 0. The van der Waals surface area contributed by atoms with Crippen molar-refractivity contribution in [2.24, 2.45) is 0 Å². The smallest absolute Gasteiger partial charge is 0.264 e. The topological polar surface area (TPSA) is 74.6 Å². The van der Waals surface area contributed by atoms with Crippen molar-refractivity contribution in [2.75, 3.05) is 25.2 Å². The fourth-order valence-corrected chi connectivity index (χ4v) is 6.73. The molecule has 0 spiro atoms. The molecule has 0 atom stereocenters. The van der Waals surface area contributed by atoms with Crippen molar-refractivity contribution in [1.82, 2.24) is 0 Å². The highest BCUT2D eigenvalue weighted by molar-refractivity contribution is 7.79. The molecule has 0 saturated heterocycles. The maximum absolute atomic E-state index is 8.74. The fraction of sp³-hybridized carbons (Fsp3) is 1.00. The summed E-state index contributed by atoms with van der Waals surface area (Å²) in [4.78, 5) is 0. The third kappa shape index (κ3) is 26.6. The molecule has 0 aromatic heterocycles. The van der Waals surface area contributed by atoms with E-state index in [1.165, 1.54) is 77.0 Å². The molecule has 0 aromatic carbocycles. The van der Waals surface area contributed by atoms with E-state index in [1.807, 2.05) is 0 Å². The Morgan fingerprint density at radius 3 is 1.04 bits per heavy atom. The van der Waals surface area contributed by atoms with Crippen molar-refractivity contribution in [1.29, 1.82) is 0 Å². The summed E-state index contributed by atoms with van der Waals surface area (Å²) in [6, 6.07) is 0. The van der Waals surface area contributed by atoms with Crippen LogP contribution >= 0.6 is 7.26 Å². The predicted molar refractivity (Wildman–Crippen MR) is 114 cm³/mol. The molecule has 0 fully saturated rings. The zero-order chi connectivity index (χ0) is 19.6. The summed E-state index contributed by atoms with van der Waals surface area (Å²) >= 11 is 0. The average Bonchev–Trinajstić information content (AvgIpc) is 2.51. The van der Waals surface area contributed by atoms with Gasteiger partial charge in [0.25, 0.3) is 0 Å². The van der Waals surface area contributed by atoms with E-state index in [0.717, 1.165) is 0 Å². The molecule has 0 aliphatic heterocycles. The second-order valence-electron chi connectivity index (χ2n) is 7.42. The Bertz CT molecular complexity index is 332. The molecule has 2 N–H and O–H groups in total. The summed E-state index contributed by atoms with van der Waals surface area (Å²) in [6.45, 7) is 9.66. The summed E-state index contributed by atoms with van der Waals surface area (Å²) < 4.78 is 31.6. The van der Waals surface area contributed by atoms with Gasteiger partial charge in [-0.3, -0.25) is 9.11 Å². The first-order valence-electron chi connectivity index (χ1n) is 10.2. The minimum atomic E-state index is -4.67. The van der Waals surface area contributed by atoms with E-state index in [0.29, 0.717) is 0 Å². The summed E-state index contributed by atoms with van der Waals surface area (Å²) in [5.74, 6) is 0. The molecule has 0 heterocycles. The zero-order valence-corrected chi connectivity index (χ0v) is 18.9. The van der Waals surface area contributed by atoms with Gasteiger partial charge in [-0.1, -0.05) is 59.3 Å². The van der Waals surface area contributed by atoms with Crippen molar-refractivity contribution in [3.8, 4) is 0 Å².